The molecule has 2 aromatic carbocycles. The molecule has 110 valence electrons. The molecule has 0 atom stereocenters. The molecule has 2 rings (SSSR count). The van der Waals surface area contributed by atoms with Crippen LogP contribution in [0.3, 0.4) is 0 Å². The normalized spacial score (nSPS) is 11.0. The molecule has 1 nitrogen and oxygen atoms in total. The van der Waals surface area contributed by atoms with Crippen LogP contribution in [0.15, 0.2) is 48.5 Å². The lowest BCUT2D eigenvalue weighted by Gasteiger charge is -2.08. The highest BCUT2D eigenvalue weighted by Gasteiger charge is 2.01. The van der Waals surface area contributed by atoms with Crippen LogP contribution in [-0.2, 0) is 0 Å². The first-order valence-corrected chi connectivity index (χ1v) is 8.14. The van der Waals surface area contributed by atoms with Crippen molar-refractivity contribution in [3.8, 4) is 5.75 Å². The monoisotopic (exact) mass is 348 g/mol. The highest BCUT2D eigenvalue weighted by atomic mass is 79.9. The second-order valence-corrected chi connectivity index (χ2v) is 5.43. The summed E-state index contributed by atoms with van der Waals surface area (Å²) >= 11 is 3.41. The largest absolute Gasteiger partial charge is 0.493 e. The van der Waals surface area contributed by atoms with Crippen LogP contribution in [0.25, 0.3) is 12.2 Å². The first-order chi connectivity index (χ1) is 10.3. The molecule has 0 bridgehead atoms. The summed E-state index contributed by atoms with van der Waals surface area (Å²) in [7, 11) is 0. The quantitative estimate of drug-likeness (QED) is 0.362. The number of alkyl halides is 1. The zero-order chi connectivity index (χ0) is 14.9. The number of benzene rings is 2. The number of rotatable bonds is 7. The lowest BCUT2D eigenvalue weighted by Crippen LogP contribution is -1.98. The average molecular weight is 349 g/mol. The third kappa shape index (κ3) is 5.01. The van der Waals surface area contributed by atoms with Gasteiger partial charge in [0.1, 0.15) is 11.6 Å². The van der Waals surface area contributed by atoms with Gasteiger partial charge in [-0.1, -0.05) is 64.5 Å². The molecule has 0 saturated carbocycles. The Kier molecular flexibility index (Phi) is 6.48. The van der Waals surface area contributed by atoms with Crippen LogP contribution in [0.5, 0.6) is 5.75 Å². The molecule has 0 fully saturated rings. The van der Waals surface area contributed by atoms with Crippen molar-refractivity contribution >= 4 is 28.1 Å². The zero-order valence-corrected chi connectivity index (χ0v) is 13.4. The van der Waals surface area contributed by atoms with Gasteiger partial charge in [0, 0.05) is 16.5 Å². The maximum Gasteiger partial charge on any atom is 0.130 e. The molecule has 0 heterocycles. The van der Waals surface area contributed by atoms with E-state index in [4.69, 9.17) is 4.74 Å². The van der Waals surface area contributed by atoms with E-state index in [1.807, 2.05) is 36.4 Å². The zero-order valence-electron chi connectivity index (χ0n) is 11.8. The van der Waals surface area contributed by atoms with E-state index in [9.17, 15) is 4.39 Å². The molecule has 21 heavy (non-hydrogen) atoms. The molecule has 0 spiro atoms. The Balaban J connectivity index is 2.07. The lowest BCUT2D eigenvalue weighted by atomic mass is 10.1. The number of para-hydroxylation sites is 1. The first kappa shape index (κ1) is 15.8. The van der Waals surface area contributed by atoms with Crippen molar-refractivity contribution in [3.05, 3.63) is 65.5 Å². The maximum absolute atomic E-state index is 13.6. The summed E-state index contributed by atoms with van der Waals surface area (Å²) in [4.78, 5) is 0. The minimum atomic E-state index is -0.218. The van der Waals surface area contributed by atoms with Gasteiger partial charge in [-0.2, -0.15) is 0 Å². The van der Waals surface area contributed by atoms with Crippen molar-refractivity contribution in [1.82, 2.24) is 0 Å². The molecule has 0 amide bonds. The molecule has 2 aromatic rings. The Labute approximate surface area is 133 Å². The van der Waals surface area contributed by atoms with Gasteiger partial charge in [0.25, 0.3) is 0 Å². The van der Waals surface area contributed by atoms with Crippen molar-refractivity contribution in [1.29, 1.82) is 0 Å². The van der Waals surface area contributed by atoms with Gasteiger partial charge in [0.2, 0.25) is 0 Å². The summed E-state index contributed by atoms with van der Waals surface area (Å²) in [6.07, 6.45) is 5.76. The average Bonchev–Trinajstić information content (AvgIpc) is 2.52. The Morgan fingerprint density at radius 2 is 1.57 bits per heavy atom. The van der Waals surface area contributed by atoms with E-state index in [0.717, 1.165) is 29.5 Å². The van der Waals surface area contributed by atoms with Crippen LogP contribution < -0.4 is 4.74 Å². The summed E-state index contributed by atoms with van der Waals surface area (Å²) in [5, 5.41) is 0.991. The van der Waals surface area contributed by atoms with Crippen LogP contribution in [0.2, 0.25) is 0 Å². The van der Waals surface area contributed by atoms with Gasteiger partial charge in [-0.05, 0) is 25.0 Å². The molecule has 3 heteroatoms. The SMILES string of the molecule is Fc1ccccc1/C=C/c1ccccc1OCCCCBr. The highest BCUT2D eigenvalue weighted by Crippen LogP contribution is 2.21. The van der Waals surface area contributed by atoms with Gasteiger partial charge in [0.15, 0.2) is 0 Å². The van der Waals surface area contributed by atoms with Gasteiger partial charge in [-0.3, -0.25) is 0 Å². The molecule has 0 N–H and O–H groups in total. The highest BCUT2D eigenvalue weighted by molar-refractivity contribution is 9.09. The minimum absolute atomic E-state index is 0.218. The van der Waals surface area contributed by atoms with Crippen LogP contribution in [0, 0.1) is 5.82 Å². The Bertz CT molecular complexity index is 595. The fourth-order valence-electron chi connectivity index (χ4n) is 1.92. The Hall–Kier alpha value is -1.61. The second kappa shape index (κ2) is 8.63. The van der Waals surface area contributed by atoms with E-state index < -0.39 is 0 Å². The standard InChI is InChI=1S/C18H18BrFO/c19-13-5-6-14-21-18-10-4-2-8-16(18)12-11-15-7-1-3-9-17(15)20/h1-4,7-12H,5-6,13-14H2/b12-11+. The van der Waals surface area contributed by atoms with Gasteiger partial charge in [0.05, 0.1) is 6.61 Å². The summed E-state index contributed by atoms with van der Waals surface area (Å²) in [6.45, 7) is 0.691. The summed E-state index contributed by atoms with van der Waals surface area (Å²) in [6, 6.07) is 14.5. The minimum Gasteiger partial charge on any atom is -0.493 e. The third-order valence-electron chi connectivity index (χ3n) is 3.05. The molecule has 0 aliphatic rings. The predicted molar refractivity (Wildman–Crippen MR) is 90.3 cm³/mol. The maximum atomic E-state index is 13.6. The van der Waals surface area contributed by atoms with E-state index in [0.29, 0.717) is 12.2 Å². The smallest absolute Gasteiger partial charge is 0.130 e. The second-order valence-electron chi connectivity index (χ2n) is 4.64. The van der Waals surface area contributed by atoms with Crippen molar-refractivity contribution in [2.45, 2.75) is 12.8 Å². The molecule has 0 aromatic heterocycles. The van der Waals surface area contributed by atoms with Crippen molar-refractivity contribution in [3.63, 3.8) is 0 Å². The third-order valence-corrected chi connectivity index (χ3v) is 3.61. The fraction of sp³-hybridized carbons (Fsp3) is 0.222. The van der Waals surface area contributed by atoms with Gasteiger partial charge >= 0.3 is 0 Å². The van der Waals surface area contributed by atoms with E-state index in [-0.39, 0.29) is 5.82 Å². The summed E-state index contributed by atoms with van der Waals surface area (Å²) in [5.41, 5.74) is 1.53. The fourth-order valence-corrected chi connectivity index (χ4v) is 2.31. The Morgan fingerprint density at radius 3 is 2.33 bits per heavy atom. The summed E-state index contributed by atoms with van der Waals surface area (Å²) in [5.74, 6) is 0.615. The Morgan fingerprint density at radius 1 is 0.905 bits per heavy atom. The summed E-state index contributed by atoms with van der Waals surface area (Å²) < 4.78 is 19.4. The van der Waals surface area contributed by atoms with Gasteiger partial charge < -0.3 is 4.74 Å². The molecule has 0 aliphatic heterocycles. The van der Waals surface area contributed by atoms with E-state index in [1.54, 1.807) is 18.2 Å². The number of hydrogen-bond acceptors (Lipinski definition) is 1. The molecular formula is C18H18BrFO. The van der Waals surface area contributed by atoms with Crippen molar-refractivity contribution < 1.29 is 9.13 Å². The van der Waals surface area contributed by atoms with E-state index in [2.05, 4.69) is 15.9 Å². The predicted octanol–water partition coefficient (Wildman–Crippen LogP) is 5.55. The van der Waals surface area contributed by atoms with Gasteiger partial charge in [-0.25, -0.2) is 4.39 Å². The number of ether oxygens (including phenoxy) is 1. The van der Waals surface area contributed by atoms with E-state index in [1.165, 1.54) is 6.07 Å². The van der Waals surface area contributed by atoms with Crippen LogP contribution in [-0.4, -0.2) is 11.9 Å². The molecular weight excluding hydrogens is 331 g/mol. The van der Waals surface area contributed by atoms with Crippen LogP contribution >= 0.6 is 15.9 Å². The molecule has 0 saturated heterocycles. The van der Waals surface area contributed by atoms with Crippen molar-refractivity contribution in [2.75, 3.05) is 11.9 Å². The molecule has 0 radical (unpaired) electrons. The lowest BCUT2D eigenvalue weighted by molar-refractivity contribution is 0.309. The molecule has 0 aliphatic carbocycles. The first-order valence-electron chi connectivity index (χ1n) is 7.01. The number of halogens is 2. The number of unbranched alkanes of at least 4 members (excludes halogenated alkanes) is 1. The van der Waals surface area contributed by atoms with Crippen molar-refractivity contribution in [2.24, 2.45) is 0 Å². The molecule has 0 unspecified atom stereocenters. The van der Waals surface area contributed by atoms with Crippen LogP contribution in [0.4, 0.5) is 4.39 Å². The van der Waals surface area contributed by atoms with Crippen LogP contribution in [0.1, 0.15) is 24.0 Å². The topological polar surface area (TPSA) is 9.23 Å². The van der Waals surface area contributed by atoms with Gasteiger partial charge in [-0.15, -0.1) is 0 Å². The van der Waals surface area contributed by atoms with E-state index >= 15 is 0 Å². The number of hydrogen-bond donors (Lipinski definition) is 0.